The molecule has 1 N–H and O–H groups in total. The molecule has 0 bridgehead atoms. The van der Waals surface area contributed by atoms with E-state index < -0.39 is 0 Å². The van der Waals surface area contributed by atoms with Crippen LogP contribution in [0.1, 0.15) is 10.6 Å². The van der Waals surface area contributed by atoms with Gasteiger partial charge >= 0.3 is 0 Å². The van der Waals surface area contributed by atoms with Gasteiger partial charge in [-0.05, 0) is 42.8 Å². The molecular formula is C18H19N3OS. The third-order valence-electron chi connectivity index (χ3n) is 3.50. The van der Waals surface area contributed by atoms with Gasteiger partial charge < -0.3 is 10.1 Å². The maximum Gasteiger partial charge on any atom is 0.118 e. The highest BCUT2D eigenvalue weighted by atomic mass is 32.1. The van der Waals surface area contributed by atoms with Crippen molar-refractivity contribution in [3.8, 4) is 16.3 Å². The van der Waals surface area contributed by atoms with Crippen LogP contribution in [0, 0.1) is 0 Å². The van der Waals surface area contributed by atoms with E-state index in [2.05, 4.69) is 27.4 Å². The zero-order valence-corrected chi connectivity index (χ0v) is 13.8. The van der Waals surface area contributed by atoms with Gasteiger partial charge in [-0.3, -0.25) is 4.98 Å². The van der Waals surface area contributed by atoms with Crippen molar-refractivity contribution in [3.05, 3.63) is 65.4 Å². The summed E-state index contributed by atoms with van der Waals surface area (Å²) in [6, 6.07) is 14.1. The van der Waals surface area contributed by atoms with Gasteiger partial charge in [0.2, 0.25) is 0 Å². The molecule has 118 valence electrons. The summed E-state index contributed by atoms with van der Waals surface area (Å²) in [4.78, 5) is 9.92. The van der Waals surface area contributed by atoms with E-state index in [9.17, 15) is 0 Å². The quantitative estimate of drug-likeness (QED) is 0.675. The van der Waals surface area contributed by atoms with Gasteiger partial charge in [0.1, 0.15) is 10.8 Å². The van der Waals surface area contributed by atoms with Crippen LogP contribution in [-0.4, -0.2) is 23.6 Å². The van der Waals surface area contributed by atoms with Crippen molar-refractivity contribution in [2.45, 2.75) is 13.0 Å². The van der Waals surface area contributed by atoms with E-state index in [0.29, 0.717) is 0 Å². The lowest BCUT2D eigenvalue weighted by Gasteiger charge is -2.04. The number of thiazole rings is 1. The molecule has 5 heteroatoms. The maximum atomic E-state index is 5.16. The molecule has 0 aliphatic heterocycles. The van der Waals surface area contributed by atoms with E-state index in [1.54, 1.807) is 18.4 Å². The second-order valence-electron chi connectivity index (χ2n) is 5.11. The summed E-state index contributed by atoms with van der Waals surface area (Å²) in [7, 11) is 1.68. The van der Waals surface area contributed by atoms with Gasteiger partial charge in [-0.25, -0.2) is 4.98 Å². The lowest BCUT2D eigenvalue weighted by atomic mass is 10.1. The summed E-state index contributed by atoms with van der Waals surface area (Å²) >= 11 is 1.68. The predicted octanol–water partition coefficient (Wildman–Crippen LogP) is 3.55. The molecule has 2 aromatic heterocycles. The van der Waals surface area contributed by atoms with Crippen molar-refractivity contribution in [2.24, 2.45) is 0 Å². The molecule has 3 rings (SSSR count). The molecule has 23 heavy (non-hydrogen) atoms. The van der Waals surface area contributed by atoms with Crippen LogP contribution in [0.3, 0.4) is 0 Å². The highest BCUT2D eigenvalue weighted by Crippen LogP contribution is 2.23. The van der Waals surface area contributed by atoms with E-state index >= 15 is 0 Å². The van der Waals surface area contributed by atoms with Crippen LogP contribution in [0.5, 0.6) is 5.75 Å². The summed E-state index contributed by atoms with van der Waals surface area (Å²) in [6.45, 7) is 1.71. The number of nitrogens with one attached hydrogen (secondary N) is 1. The summed E-state index contributed by atoms with van der Waals surface area (Å²) in [6.07, 6.45) is 4.69. The van der Waals surface area contributed by atoms with E-state index in [0.717, 1.165) is 40.8 Å². The zero-order chi connectivity index (χ0) is 15.9. The minimum atomic E-state index is 0.785. The molecule has 0 fully saturated rings. The van der Waals surface area contributed by atoms with Gasteiger partial charge in [-0.15, -0.1) is 11.3 Å². The van der Waals surface area contributed by atoms with Crippen LogP contribution in [0.25, 0.3) is 10.6 Å². The molecule has 1 aromatic carbocycles. The van der Waals surface area contributed by atoms with Gasteiger partial charge in [-0.1, -0.05) is 18.2 Å². The van der Waals surface area contributed by atoms with Gasteiger partial charge in [-0.2, -0.15) is 0 Å². The number of methoxy groups -OCH3 is 1. The second-order valence-corrected chi connectivity index (χ2v) is 6.22. The maximum absolute atomic E-state index is 5.16. The smallest absolute Gasteiger partial charge is 0.118 e. The monoisotopic (exact) mass is 325 g/mol. The molecule has 0 atom stereocenters. The molecule has 0 unspecified atom stereocenters. The number of rotatable bonds is 7. The fourth-order valence-electron chi connectivity index (χ4n) is 2.24. The van der Waals surface area contributed by atoms with E-state index in [4.69, 9.17) is 4.74 Å². The summed E-state index contributed by atoms with van der Waals surface area (Å²) in [5.74, 6) is 0.895. The Hall–Kier alpha value is -2.24. The number of hydrogen-bond acceptors (Lipinski definition) is 5. The lowest BCUT2D eigenvalue weighted by molar-refractivity contribution is 0.414. The third-order valence-corrected chi connectivity index (χ3v) is 4.52. The Morgan fingerprint density at radius 2 is 1.96 bits per heavy atom. The number of nitrogens with zero attached hydrogens (tertiary/aromatic N) is 2. The highest BCUT2D eigenvalue weighted by molar-refractivity contribution is 7.15. The van der Waals surface area contributed by atoms with Crippen LogP contribution >= 0.6 is 11.3 Å². The predicted molar refractivity (Wildman–Crippen MR) is 93.7 cm³/mol. The summed E-state index contributed by atoms with van der Waals surface area (Å²) in [5, 5.41) is 4.52. The number of hydrogen-bond donors (Lipinski definition) is 1. The molecule has 0 spiro atoms. The molecule has 0 aliphatic carbocycles. The third kappa shape index (κ3) is 4.37. The number of pyridine rings is 1. The molecule has 3 aromatic rings. The lowest BCUT2D eigenvalue weighted by Crippen LogP contribution is -2.16. The second kappa shape index (κ2) is 7.85. The Kier molecular flexibility index (Phi) is 5.34. The fraction of sp³-hybridized carbons (Fsp3) is 0.222. The van der Waals surface area contributed by atoms with Gasteiger partial charge in [0.05, 0.1) is 17.7 Å². The SMILES string of the molecule is COc1ccc(CCNCc2ncc(-c3ccccn3)s2)cc1. The van der Waals surface area contributed by atoms with Crippen molar-refractivity contribution in [1.29, 1.82) is 0 Å². The van der Waals surface area contributed by atoms with Crippen molar-refractivity contribution in [3.63, 3.8) is 0 Å². The fourth-order valence-corrected chi connectivity index (χ4v) is 3.10. The zero-order valence-electron chi connectivity index (χ0n) is 13.0. The molecule has 0 aliphatic rings. The van der Waals surface area contributed by atoms with Gasteiger partial charge in [0.15, 0.2) is 0 Å². The van der Waals surface area contributed by atoms with E-state index in [1.165, 1.54) is 5.56 Å². The Morgan fingerprint density at radius 3 is 2.70 bits per heavy atom. The Balaban J connectivity index is 1.46. The van der Waals surface area contributed by atoms with Crippen LogP contribution in [-0.2, 0) is 13.0 Å². The Labute approximate surface area is 140 Å². The molecule has 0 radical (unpaired) electrons. The highest BCUT2D eigenvalue weighted by Gasteiger charge is 2.04. The first-order valence-corrected chi connectivity index (χ1v) is 8.36. The van der Waals surface area contributed by atoms with Crippen LogP contribution in [0.2, 0.25) is 0 Å². The molecular weight excluding hydrogens is 306 g/mol. The first kappa shape index (κ1) is 15.6. The minimum Gasteiger partial charge on any atom is -0.497 e. The molecule has 0 amide bonds. The van der Waals surface area contributed by atoms with Crippen molar-refractivity contribution < 1.29 is 4.74 Å². The molecule has 0 saturated heterocycles. The summed E-state index contributed by atoms with van der Waals surface area (Å²) < 4.78 is 5.16. The first-order valence-electron chi connectivity index (χ1n) is 7.55. The van der Waals surface area contributed by atoms with Crippen molar-refractivity contribution in [1.82, 2.24) is 15.3 Å². The van der Waals surface area contributed by atoms with Crippen LogP contribution < -0.4 is 10.1 Å². The number of aromatic nitrogens is 2. The average molecular weight is 325 g/mol. The minimum absolute atomic E-state index is 0.785. The largest absolute Gasteiger partial charge is 0.497 e. The van der Waals surface area contributed by atoms with Crippen LogP contribution in [0.4, 0.5) is 0 Å². The molecule has 0 saturated carbocycles. The molecule has 2 heterocycles. The van der Waals surface area contributed by atoms with E-state index in [1.807, 2.05) is 42.7 Å². The Morgan fingerprint density at radius 1 is 1.09 bits per heavy atom. The molecule has 4 nitrogen and oxygen atoms in total. The first-order chi connectivity index (χ1) is 11.3. The topological polar surface area (TPSA) is 47.0 Å². The van der Waals surface area contributed by atoms with Crippen molar-refractivity contribution in [2.75, 3.05) is 13.7 Å². The number of benzene rings is 1. The average Bonchev–Trinajstić information content (AvgIpc) is 3.09. The van der Waals surface area contributed by atoms with Crippen molar-refractivity contribution >= 4 is 11.3 Å². The Bertz CT molecular complexity index is 726. The standard InChI is InChI=1S/C18H19N3OS/c1-22-15-7-5-14(6-8-15)9-11-19-13-18-21-12-17(23-18)16-4-2-3-10-20-16/h2-8,10,12,19H,9,11,13H2,1H3. The normalized spacial score (nSPS) is 10.7. The van der Waals surface area contributed by atoms with Gasteiger partial charge in [0, 0.05) is 18.9 Å². The van der Waals surface area contributed by atoms with Gasteiger partial charge in [0.25, 0.3) is 0 Å². The van der Waals surface area contributed by atoms with Crippen LogP contribution in [0.15, 0.2) is 54.9 Å². The summed E-state index contributed by atoms with van der Waals surface area (Å²) in [5.41, 5.74) is 2.28. The van der Waals surface area contributed by atoms with E-state index in [-0.39, 0.29) is 0 Å². The number of ether oxygens (including phenoxy) is 1.